The Morgan fingerprint density at radius 1 is 0.721 bits per heavy atom. The average molecular weight is 633 g/mol. The third-order valence-corrected chi connectivity index (χ3v) is 7.72. The van der Waals surface area contributed by atoms with Crippen molar-refractivity contribution >= 4 is 19.8 Å². The van der Waals surface area contributed by atoms with Gasteiger partial charge >= 0.3 is 19.8 Å². The van der Waals surface area contributed by atoms with Crippen LogP contribution in [0.1, 0.15) is 123 Å². The van der Waals surface area contributed by atoms with E-state index in [4.69, 9.17) is 18.5 Å². The van der Waals surface area contributed by atoms with Crippen LogP contribution in [0.5, 0.6) is 0 Å². The fourth-order valence-corrected chi connectivity index (χ4v) is 4.78. The lowest BCUT2D eigenvalue weighted by Gasteiger charge is -2.24. The van der Waals surface area contributed by atoms with Crippen LogP contribution in [0.2, 0.25) is 0 Å². The van der Waals surface area contributed by atoms with Gasteiger partial charge in [-0.25, -0.2) is 4.57 Å². The van der Waals surface area contributed by atoms with Crippen LogP contribution in [0, 0.1) is 0 Å². The molecule has 0 fully saturated rings. The number of esters is 2. The fourth-order valence-electron chi connectivity index (χ4n) is 4.04. The van der Waals surface area contributed by atoms with Gasteiger partial charge in [0, 0.05) is 12.8 Å². The molecule has 9 nitrogen and oxygen atoms in total. The van der Waals surface area contributed by atoms with E-state index in [-0.39, 0.29) is 26.1 Å². The zero-order valence-corrected chi connectivity index (χ0v) is 28.8. The van der Waals surface area contributed by atoms with Crippen molar-refractivity contribution in [2.24, 2.45) is 0 Å². The molecule has 0 aliphatic heterocycles. The average Bonchev–Trinajstić information content (AvgIpc) is 2.94. The molecule has 10 heteroatoms. The highest BCUT2D eigenvalue weighted by Crippen LogP contribution is 2.43. The second-order valence-electron chi connectivity index (χ2n) is 12.2. The van der Waals surface area contributed by atoms with E-state index in [1.165, 1.54) is 25.7 Å². The van der Waals surface area contributed by atoms with Gasteiger partial charge in [-0.05, 0) is 44.9 Å². The van der Waals surface area contributed by atoms with Crippen molar-refractivity contribution in [3.63, 3.8) is 0 Å². The standard InChI is InChI=1S/C33H62NO8P/c1-6-8-10-12-13-14-15-16-17-18-19-20-21-22-24-26-33(36)42-31(29-39-32(35)25-23-11-9-7-2)30-41-43(37,38)40-28-27-34(3,4)5/h13-14,16-17,31H,6-12,15,18-30H2,1-5H3/p+1/b14-13-,17-16-. The molecule has 2 unspecified atom stereocenters. The Bertz CT molecular complexity index is 809. The number of unbranched alkanes of at least 4 members (excludes halogenated alkanes) is 11. The lowest BCUT2D eigenvalue weighted by molar-refractivity contribution is -0.870. The van der Waals surface area contributed by atoms with Gasteiger partial charge in [0.15, 0.2) is 6.10 Å². The minimum atomic E-state index is -4.35. The third-order valence-electron chi connectivity index (χ3n) is 6.73. The van der Waals surface area contributed by atoms with Crippen LogP contribution in [0.15, 0.2) is 24.3 Å². The number of hydrogen-bond donors (Lipinski definition) is 1. The summed E-state index contributed by atoms with van der Waals surface area (Å²) >= 11 is 0. The highest BCUT2D eigenvalue weighted by Gasteiger charge is 2.27. The molecule has 0 spiro atoms. The molecule has 0 radical (unpaired) electrons. The van der Waals surface area contributed by atoms with Gasteiger partial charge in [-0.15, -0.1) is 0 Å². The quantitative estimate of drug-likeness (QED) is 0.0290. The number of likely N-dealkylation sites (N-methyl/N-ethyl adjacent to an activating group) is 1. The van der Waals surface area contributed by atoms with E-state index in [9.17, 15) is 19.0 Å². The van der Waals surface area contributed by atoms with Gasteiger partial charge in [0.2, 0.25) is 0 Å². The molecular formula is C33H63NO8P+. The summed E-state index contributed by atoms with van der Waals surface area (Å²) in [5.74, 6) is -0.839. The first-order chi connectivity index (χ1) is 20.5. The monoisotopic (exact) mass is 632 g/mol. The van der Waals surface area contributed by atoms with Crippen LogP contribution in [-0.4, -0.2) is 74.9 Å². The summed E-state index contributed by atoms with van der Waals surface area (Å²) in [6, 6.07) is 0. The summed E-state index contributed by atoms with van der Waals surface area (Å²) in [6.45, 7) is 4.21. The van der Waals surface area contributed by atoms with Crippen molar-refractivity contribution in [3.8, 4) is 0 Å². The van der Waals surface area contributed by atoms with Gasteiger partial charge < -0.3 is 18.9 Å². The van der Waals surface area contributed by atoms with E-state index in [1.54, 1.807) is 0 Å². The molecule has 252 valence electrons. The van der Waals surface area contributed by atoms with Crippen molar-refractivity contribution in [1.29, 1.82) is 0 Å². The molecule has 0 bridgehead atoms. The van der Waals surface area contributed by atoms with E-state index < -0.39 is 32.5 Å². The smallest absolute Gasteiger partial charge is 0.462 e. The SMILES string of the molecule is CCCCC/C=C\C/C=C\CCCCCCCC(=O)OC(COC(=O)CCCCCC)COP(=O)(O)OCC[N+](C)(C)C. The molecule has 0 aromatic rings. The summed E-state index contributed by atoms with van der Waals surface area (Å²) in [5, 5.41) is 0. The van der Waals surface area contributed by atoms with E-state index in [1.807, 2.05) is 21.1 Å². The van der Waals surface area contributed by atoms with Crippen molar-refractivity contribution in [3.05, 3.63) is 24.3 Å². The van der Waals surface area contributed by atoms with Gasteiger partial charge in [0.1, 0.15) is 19.8 Å². The predicted molar refractivity (Wildman–Crippen MR) is 174 cm³/mol. The number of nitrogens with zero attached hydrogens (tertiary/aromatic N) is 1. The Balaban J connectivity index is 4.40. The third kappa shape index (κ3) is 30.3. The molecule has 0 rings (SSSR count). The summed E-state index contributed by atoms with van der Waals surface area (Å²) in [7, 11) is 1.46. The lowest BCUT2D eigenvalue weighted by atomic mass is 10.1. The molecule has 1 N–H and O–H groups in total. The first kappa shape index (κ1) is 41.5. The molecule has 0 saturated carbocycles. The molecule has 0 aliphatic rings. The Morgan fingerprint density at radius 3 is 1.88 bits per heavy atom. The zero-order chi connectivity index (χ0) is 32.2. The summed E-state index contributed by atoms with van der Waals surface area (Å²) in [6.07, 6.45) is 24.2. The van der Waals surface area contributed by atoms with Crippen molar-refractivity contribution in [2.45, 2.75) is 129 Å². The number of rotatable bonds is 29. The lowest BCUT2D eigenvalue weighted by Crippen LogP contribution is -2.37. The molecular weight excluding hydrogens is 569 g/mol. The topological polar surface area (TPSA) is 108 Å². The molecule has 43 heavy (non-hydrogen) atoms. The second kappa shape index (κ2) is 26.9. The Labute approximate surface area is 262 Å². The Morgan fingerprint density at radius 2 is 1.26 bits per heavy atom. The number of hydrogen-bond acceptors (Lipinski definition) is 7. The van der Waals surface area contributed by atoms with Crippen molar-refractivity contribution < 1.29 is 42.1 Å². The number of carbonyl (C=O) groups is 2. The highest BCUT2D eigenvalue weighted by atomic mass is 31.2. The van der Waals surface area contributed by atoms with Gasteiger partial charge in [-0.1, -0.05) is 89.5 Å². The predicted octanol–water partition coefficient (Wildman–Crippen LogP) is 8.07. The van der Waals surface area contributed by atoms with Gasteiger partial charge in [-0.3, -0.25) is 18.6 Å². The van der Waals surface area contributed by atoms with E-state index >= 15 is 0 Å². The zero-order valence-electron chi connectivity index (χ0n) is 27.9. The first-order valence-electron chi connectivity index (χ1n) is 16.6. The molecule has 0 saturated heterocycles. The van der Waals surface area contributed by atoms with E-state index in [0.29, 0.717) is 17.4 Å². The van der Waals surface area contributed by atoms with E-state index in [2.05, 4.69) is 38.2 Å². The molecule has 2 atom stereocenters. The van der Waals surface area contributed by atoms with E-state index in [0.717, 1.165) is 64.2 Å². The van der Waals surface area contributed by atoms with Crippen LogP contribution < -0.4 is 0 Å². The second-order valence-corrected chi connectivity index (χ2v) is 13.7. The minimum Gasteiger partial charge on any atom is -0.462 e. The highest BCUT2D eigenvalue weighted by molar-refractivity contribution is 7.47. The van der Waals surface area contributed by atoms with Crippen LogP contribution in [0.4, 0.5) is 0 Å². The maximum atomic E-state index is 12.5. The van der Waals surface area contributed by atoms with Crippen LogP contribution >= 0.6 is 7.82 Å². The number of phosphoric acid groups is 1. The van der Waals surface area contributed by atoms with Crippen molar-refractivity contribution in [1.82, 2.24) is 0 Å². The van der Waals surface area contributed by atoms with Gasteiger partial charge in [0.05, 0.1) is 27.7 Å². The number of ether oxygens (including phenoxy) is 2. The molecule has 0 heterocycles. The molecule has 0 amide bonds. The van der Waals surface area contributed by atoms with Crippen molar-refractivity contribution in [2.75, 3.05) is 47.5 Å². The first-order valence-corrected chi connectivity index (χ1v) is 18.1. The number of phosphoric ester groups is 1. The van der Waals surface area contributed by atoms with Crippen LogP contribution in [0.25, 0.3) is 0 Å². The van der Waals surface area contributed by atoms with Gasteiger partial charge in [-0.2, -0.15) is 0 Å². The van der Waals surface area contributed by atoms with Crippen LogP contribution in [0.3, 0.4) is 0 Å². The summed E-state index contributed by atoms with van der Waals surface area (Å²) in [4.78, 5) is 34.6. The largest absolute Gasteiger partial charge is 0.472 e. The normalized spacial score (nSPS) is 14.3. The maximum Gasteiger partial charge on any atom is 0.472 e. The van der Waals surface area contributed by atoms with Gasteiger partial charge in [0.25, 0.3) is 0 Å². The fraction of sp³-hybridized carbons (Fsp3) is 0.818. The Hall–Kier alpha value is -1.51. The Kier molecular flexibility index (Phi) is 25.9. The number of allylic oxidation sites excluding steroid dienone is 4. The summed E-state index contributed by atoms with van der Waals surface area (Å²) < 4.78 is 33.8. The maximum absolute atomic E-state index is 12.5. The van der Waals surface area contributed by atoms with Crippen LogP contribution in [-0.2, 0) is 32.7 Å². The molecule has 0 aliphatic carbocycles. The minimum absolute atomic E-state index is 0.0291. The molecule has 0 aromatic heterocycles. The summed E-state index contributed by atoms with van der Waals surface area (Å²) in [5.41, 5.74) is 0. The number of quaternary nitrogens is 1. The number of carbonyl (C=O) groups excluding carboxylic acids is 2. The molecule has 0 aromatic carbocycles.